The van der Waals surface area contributed by atoms with E-state index in [0.29, 0.717) is 6.10 Å². The van der Waals surface area contributed by atoms with E-state index in [9.17, 15) is 0 Å². The van der Waals surface area contributed by atoms with Gasteiger partial charge in [0.05, 0.1) is 12.2 Å². The normalized spacial score (nSPS) is 20.9. The molecule has 2 atom stereocenters. The van der Waals surface area contributed by atoms with Crippen molar-refractivity contribution in [2.24, 2.45) is 0 Å². The molecule has 0 radical (unpaired) electrons. The second-order valence-corrected chi connectivity index (χ2v) is 6.01. The van der Waals surface area contributed by atoms with Crippen molar-refractivity contribution in [2.45, 2.75) is 44.3 Å². The zero-order chi connectivity index (χ0) is 15.0. The molecular formula is C21H24O. The number of ether oxygens (including phenoxy) is 1. The molecule has 0 aromatic heterocycles. The third kappa shape index (κ3) is 4.57. The molecule has 0 unspecified atom stereocenters. The maximum absolute atomic E-state index is 6.24. The van der Waals surface area contributed by atoms with Gasteiger partial charge in [-0.3, -0.25) is 0 Å². The van der Waals surface area contributed by atoms with E-state index >= 15 is 0 Å². The van der Waals surface area contributed by atoms with Crippen LogP contribution in [0.1, 0.15) is 30.4 Å². The third-order valence-corrected chi connectivity index (χ3v) is 4.28. The molecule has 0 bridgehead atoms. The van der Waals surface area contributed by atoms with Gasteiger partial charge < -0.3 is 4.74 Å². The minimum atomic E-state index is 0.273. The van der Waals surface area contributed by atoms with Crippen molar-refractivity contribution in [3.63, 3.8) is 0 Å². The summed E-state index contributed by atoms with van der Waals surface area (Å²) in [5.74, 6) is 0. The Morgan fingerprint density at radius 3 is 2.00 bits per heavy atom. The molecule has 0 fully saturated rings. The zero-order valence-electron chi connectivity index (χ0n) is 13.0. The molecule has 1 heterocycles. The number of aryl methyl sites for hydroxylation is 2. The second kappa shape index (κ2) is 7.95. The highest BCUT2D eigenvalue weighted by atomic mass is 16.5. The molecular weight excluding hydrogens is 268 g/mol. The van der Waals surface area contributed by atoms with Crippen LogP contribution in [0, 0.1) is 0 Å². The first-order chi connectivity index (χ1) is 10.9. The Labute approximate surface area is 133 Å². The summed E-state index contributed by atoms with van der Waals surface area (Å²) in [6, 6.07) is 21.4. The van der Waals surface area contributed by atoms with Gasteiger partial charge in [-0.25, -0.2) is 0 Å². The van der Waals surface area contributed by atoms with Crippen LogP contribution in [0.4, 0.5) is 0 Å². The molecule has 2 aromatic carbocycles. The average Bonchev–Trinajstić information content (AvgIpc) is 2.60. The number of hydrogen-bond donors (Lipinski definition) is 0. The molecule has 0 saturated carbocycles. The summed E-state index contributed by atoms with van der Waals surface area (Å²) in [6.07, 6.45) is 10.6. The molecule has 1 aliphatic rings. The molecule has 0 saturated heterocycles. The lowest BCUT2D eigenvalue weighted by Gasteiger charge is -2.26. The Morgan fingerprint density at radius 2 is 1.36 bits per heavy atom. The second-order valence-electron chi connectivity index (χ2n) is 6.01. The SMILES string of the molecule is C1=C[C@@H](CCc2ccccc2)O[C@H](CCc2ccccc2)C1. The predicted molar refractivity (Wildman–Crippen MR) is 91.9 cm³/mol. The fraction of sp³-hybridized carbons (Fsp3) is 0.333. The lowest BCUT2D eigenvalue weighted by molar-refractivity contribution is -0.00158. The first-order valence-electron chi connectivity index (χ1n) is 8.30. The zero-order valence-corrected chi connectivity index (χ0v) is 13.0. The monoisotopic (exact) mass is 292 g/mol. The molecule has 114 valence electrons. The first-order valence-corrected chi connectivity index (χ1v) is 8.30. The fourth-order valence-corrected chi connectivity index (χ4v) is 3.01. The van der Waals surface area contributed by atoms with Gasteiger partial charge in [-0.05, 0) is 43.2 Å². The minimum absolute atomic E-state index is 0.273. The maximum atomic E-state index is 6.24. The Hall–Kier alpha value is -1.86. The molecule has 3 rings (SSSR count). The van der Waals surface area contributed by atoms with Gasteiger partial charge in [0.25, 0.3) is 0 Å². The van der Waals surface area contributed by atoms with Gasteiger partial charge in [0, 0.05) is 0 Å². The standard InChI is InChI=1S/C21H24O/c1-3-8-18(9-4-1)14-16-20-12-7-13-21(22-20)17-15-19-10-5-2-6-11-19/h1-12,20-21H,13-17H2/t20-,21-/m0/s1. The third-order valence-electron chi connectivity index (χ3n) is 4.28. The summed E-state index contributed by atoms with van der Waals surface area (Å²) in [7, 11) is 0. The summed E-state index contributed by atoms with van der Waals surface area (Å²) in [5.41, 5.74) is 2.80. The number of benzene rings is 2. The van der Waals surface area contributed by atoms with Crippen LogP contribution in [0.2, 0.25) is 0 Å². The van der Waals surface area contributed by atoms with Crippen LogP contribution >= 0.6 is 0 Å². The van der Waals surface area contributed by atoms with Crippen molar-refractivity contribution in [2.75, 3.05) is 0 Å². The van der Waals surface area contributed by atoms with E-state index in [1.807, 2.05) is 0 Å². The number of hydrogen-bond acceptors (Lipinski definition) is 1. The fourth-order valence-electron chi connectivity index (χ4n) is 3.01. The van der Waals surface area contributed by atoms with Crippen molar-refractivity contribution >= 4 is 0 Å². The average molecular weight is 292 g/mol. The Bertz CT molecular complexity index is 573. The van der Waals surface area contributed by atoms with E-state index < -0.39 is 0 Å². The highest BCUT2D eigenvalue weighted by Crippen LogP contribution is 2.20. The van der Waals surface area contributed by atoms with Crippen LogP contribution in [0.3, 0.4) is 0 Å². The van der Waals surface area contributed by atoms with E-state index in [1.165, 1.54) is 11.1 Å². The van der Waals surface area contributed by atoms with Crippen molar-refractivity contribution in [3.05, 3.63) is 83.9 Å². The lowest BCUT2D eigenvalue weighted by Crippen LogP contribution is -2.25. The predicted octanol–water partition coefficient (Wildman–Crippen LogP) is 4.97. The van der Waals surface area contributed by atoms with Crippen LogP contribution in [-0.4, -0.2) is 12.2 Å². The molecule has 1 heteroatoms. The van der Waals surface area contributed by atoms with E-state index in [0.717, 1.165) is 32.1 Å². The smallest absolute Gasteiger partial charge is 0.0762 e. The van der Waals surface area contributed by atoms with Crippen molar-refractivity contribution < 1.29 is 4.74 Å². The number of rotatable bonds is 6. The van der Waals surface area contributed by atoms with Gasteiger partial charge in [0.2, 0.25) is 0 Å². The first kappa shape index (κ1) is 15.1. The van der Waals surface area contributed by atoms with E-state index in [1.54, 1.807) is 0 Å². The summed E-state index contributed by atoms with van der Waals surface area (Å²) < 4.78 is 6.24. The van der Waals surface area contributed by atoms with Crippen LogP contribution < -0.4 is 0 Å². The molecule has 22 heavy (non-hydrogen) atoms. The van der Waals surface area contributed by atoms with E-state index in [2.05, 4.69) is 72.8 Å². The van der Waals surface area contributed by atoms with Crippen molar-refractivity contribution in [1.29, 1.82) is 0 Å². The van der Waals surface area contributed by atoms with Crippen LogP contribution in [0.15, 0.2) is 72.8 Å². The Kier molecular flexibility index (Phi) is 5.44. The van der Waals surface area contributed by atoms with Crippen LogP contribution in [0.25, 0.3) is 0 Å². The summed E-state index contributed by atoms with van der Waals surface area (Å²) in [6.45, 7) is 0. The molecule has 0 N–H and O–H groups in total. The summed E-state index contributed by atoms with van der Waals surface area (Å²) in [5, 5.41) is 0. The lowest BCUT2D eigenvalue weighted by atomic mass is 10.0. The van der Waals surface area contributed by atoms with Crippen molar-refractivity contribution in [1.82, 2.24) is 0 Å². The van der Waals surface area contributed by atoms with Gasteiger partial charge in [0.15, 0.2) is 0 Å². The van der Waals surface area contributed by atoms with E-state index in [4.69, 9.17) is 4.74 Å². The highest BCUT2D eigenvalue weighted by molar-refractivity contribution is 5.16. The summed E-state index contributed by atoms with van der Waals surface area (Å²) >= 11 is 0. The van der Waals surface area contributed by atoms with Crippen LogP contribution in [-0.2, 0) is 17.6 Å². The minimum Gasteiger partial charge on any atom is -0.371 e. The van der Waals surface area contributed by atoms with Gasteiger partial charge in [0.1, 0.15) is 0 Å². The molecule has 0 spiro atoms. The highest BCUT2D eigenvalue weighted by Gasteiger charge is 2.17. The topological polar surface area (TPSA) is 9.23 Å². The summed E-state index contributed by atoms with van der Waals surface area (Å²) in [4.78, 5) is 0. The van der Waals surface area contributed by atoms with Gasteiger partial charge >= 0.3 is 0 Å². The maximum Gasteiger partial charge on any atom is 0.0762 e. The molecule has 0 aliphatic carbocycles. The van der Waals surface area contributed by atoms with E-state index in [-0.39, 0.29) is 6.10 Å². The Balaban J connectivity index is 1.45. The largest absolute Gasteiger partial charge is 0.371 e. The molecule has 1 nitrogen and oxygen atoms in total. The van der Waals surface area contributed by atoms with Crippen LogP contribution in [0.5, 0.6) is 0 Å². The van der Waals surface area contributed by atoms with Gasteiger partial charge in [-0.1, -0.05) is 72.8 Å². The van der Waals surface area contributed by atoms with Crippen molar-refractivity contribution in [3.8, 4) is 0 Å². The molecule has 0 amide bonds. The molecule has 1 aliphatic heterocycles. The molecule has 2 aromatic rings. The van der Waals surface area contributed by atoms with Gasteiger partial charge in [-0.2, -0.15) is 0 Å². The quantitative estimate of drug-likeness (QED) is 0.683. The van der Waals surface area contributed by atoms with Gasteiger partial charge in [-0.15, -0.1) is 0 Å². The Morgan fingerprint density at radius 1 is 0.773 bits per heavy atom.